The molecule has 0 saturated carbocycles. The van der Waals surface area contributed by atoms with Crippen molar-refractivity contribution in [3.63, 3.8) is 0 Å². The first kappa shape index (κ1) is 21.9. The second-order valence-corrected chi connectivity index (χ2v) is 6.92. The van der Waals surface area contributed by atoms with Crippen LogP contribution in [-0.4, -0.2) is 21.3 Å². The highest BCUT2D eigenvalue weighted by atomic mass is 19.4. The van der Waals surface area contributed by atoms with E-state index >= 15 is 0 Å². The Morgan fingerprint density at radius 1 is 0.909 bits per heavy atom. The maximum absolute atomic E-state index is 12.8. The number of halogens is 3. The van der Waals surface area contributed by atoms with Crippen molar-refractivity contribution < 1.29 is 22.6 Å². The largest absolute Gasteiger partial charge is 0.573 e. The van der Waals surface area contributed by atoms with E-state index in [1.54, 1.807) is 42.6 Å². The van der Waals surface area contributed by atoms with Crippen molar-refractivity contribution in [2.24, 2.45) is 0 Å². The van der Waals surface area contributed by atoms with Crippen LogP contribution in [0.15, 0.2) is 72.9 Å². The van der Waals surface area contributed by atoms with Gasteiger partial charge in [-0.1, -0.05) is 12.1 Å². The molecule has 2 aromatic carbocycles. The number of benzene rings is 2. The number of hydrogen-bond acceptors (Lipinski definition) is 7. The quantitative estimate of drug-likeness (QED) is 0.377. The molecule has 0 aliphatic rings. The van der Waals surface area contributed by atoms with Gasteiger partial charge in [0.15, 0.2) is 0 Å². The number of alkyl halides is 3. The normalized spacial score (nSPS) is 11.2. The molecule has 0 amide bonds. The first-order chi connectivity index (χ1) is 15.7. The molecule has 168 valence electrons. The van der Waals surface area contributed by atoms with Gasteiger partial charge in [0.1, 0.15) is 23.1 Å². The van der Waals surface area contributed by atoms with Gasteiger partial charge >= 0.3 is 6.36 Å². The lowest BCUT2D eigenvalue weighted by atomic mass is 10.1. The summed E-state index contributed by atoms with van der Waals surface area (Å²) in [5.74, 6) is 1.09. The molecule has 0 atom stereocenters. The Morgan fingerprint density at radius 3 is 2.39 bits per heavy atom. The van der Waals surface area contributed by atoms with Crippen LogP contribution in [0.5, 0.6) is 17.2 Å². The van der Waals surface area contributed by atoms with Gasteiger partial charge in [0, 0.05) is 35.3 Å². The van der Waals surface area contributed by atoms with Crippen LogP contribution in [0.3, 0.4) is 0 Å². The minimum Gasteiger partial charge on any atom is -0.457 e. The van der Waals surface area contributed by atoms with Gasteiger partial charge in [-0.3, -0.25) is 4.98 Å². The summed E-state index contributed by atoms with van der Waals surface area (Å²) in [5.41, 5.74) is 7.61. The first-order valence-electron chi connectivity index (χ1n) is 9.72. The fraction of sp³-hybridized carbons (Fsp3) is 0.0870. The van der Waals surface area contributed by atoms with Crippen molar-refractivity contribution in [2.75, 3.05) is 11.1 Å². The average molecular weight is 453 g/mol. The zero-order chi connectivity index (χ0) is 23.4. The van der Waals surface area contributed by atoms with Gasteiger partial charge in [0.25, 0.3) is 0 Å². The Bertz CT molecular complexity index is 1260. The highest BCUT2D eigenvalue weighted by Gasteiger charge is 2.32. The Morgan fingerprint density at radius 2 is 1.67 bits per heavy atom. The lowest BCUT2D eigenvalue weighted by Gasteiger charge is -2.14. The number of anilines is 3. The topological polar surface area (TPSA) is 95.2 Å². The molecule has 2 heterocycles. The summed E-state index contributed by atoms with van der Waals surface area (Å²) in [4.78, 5) is 12.3. The number of para-hydroxylation sites is 1. The summed E-state index contributed by atoms with van der Waals surface area (Å²) in [6.45, 7) is 1.87. The number of aromatic nitrogens is 3. The number of rotatable bonds is 6. The van der Waals surface area contributed by atoms with Crippen molar-refractivity contribution in [1.82, 2.24) is 15.0 Å². The van der Waals surface area contributed by atoms with E-state index in [4.69, 9.17) is 10.5 Å². The predicted molar refractivity (Wildman–Crippen MR) is 117 cm³/mol. The Balaban J connectivity index is 1.54. The van der Waals surface area contributed by atoms with Gasteiger partial charge < -0.3 is 20.5 Å². The molecule has 3 N–H and O–H groups in total. The molecule has 0 unspecified atom stereocenters. The lowest BCUT2D eigenvalue weighted by molar-refractivity contribution is -0.274. The van der Waals surface area contributed by atoms with Crippen LogP contribution < -0.4 is 20.5 Å². The fourth-order valence-electron chi connectivity index (χ4n) is 3.03. The van der Waals surface area contributed by atoms with E-state index in [1.165, 1.54) is 24.3 Å². The molecule has 0 spiro atoms. The second kappa shape index (κ2) is 9.03. The van der Waals surface area contributed by atoms with Crippen LogP contribution in [0.2, 0.25) is 0 Å². The van der Waals surface area contributed by atoms with E-state index < -0.39 is 6.36 Å². The smallest absolute Gasteiger partial charge is 0.457 e. The molecule has 0 aliphatic heterocycles. The maximum Gasteiger partial charge on any atom is 0.573 e. The lowest BCUT2D eigenvalue weighted by Crippen LogP contribution is -2.17. The third-order valence-corrected chi connectivity index (χ3v) is 4.36. The van der Waals surface area contributed by atoms with Gasteiger partial charge in [-0.15, -0.1) is 13.2 Å². The molecule has 7 nitrogen and oxygen atoms in total. The van der Waals surface area contributed by atoms with Crippen molar-refractivity contribution in [1.29, 1.82) is 0 Å². The number of nitrogen functional groups attached to an aromatic ring is 1. The summed E-state index contributed by atoms with van der Waals surface area (Å²) in [6, 6.07) is 17.8. The van der Waals surface area contributed by atoms with Gasteiger partial charge in [-0.25, -0.2) is 4.98 Å². The third kappa shape index (κ3) is 5.88. The molecular formula is C23H18F3N5O2. The maximum atomic E-state index is 12.8. The summed E-state index contributed by atoms with van der Waals surface area (Å²) in [6.07, 6.45) is -3.18. The third-order valence-electron chi connectivity index (χ3n) is 4.36. The average Bonchev–Trinajstić information content (AvgIpc) is 2.74. The fourth-order valence-corrected chi connectivity index (χ4v) is 3.03. The van der Waals surface area contributed by atoms with E-state index in [9.17, 15) is 13.2 Å². The molecule has 4 rings (SSSR count). The van der Waals surface area contributed by atoms with E-state index in [2.05, 4.69) is 25.0 Å². The predicted octanol–water partition coefficient (Wildman–Crippen LogP) is 5.86. The molecule has 33 heavy (non-hydrogen) atoms. The van der Waals surface area contributed by atoms with Gasteiger partial charge in [-0.05, 0) is 49.4 Å². The van der Waals surface area contributed by atoms with Crippen molar-refractivity contribution >= 4 is 17.5 Å². The highest BCUT2D eigenvalue weighted by molar-refractivity contribution is 5.71. The molecule has 0 radical (unpaired) electrons. The number of pyridine rings is 1. The van der Waals surface area contributed by atoms with Crippen molar-refractivity contribution in [3.8, 4) is 28.5 Å². The van der Waals surface area contributed by atoms with Gasteiger partial charge in [0.2, 0.25) is 5.95 Å². The molecule has 4 aromatic rings. The monoisotopic (exact) mass is 453 g/mol. The molecule has 10 heteroatoms. The van der Waals surface area contributed by atoms with E-state index in [0.29, 0.717) is 23.0 Å². The number of nitrogens with one attached hydrogen (secondary N) is 1. The molecule has 0 saturated heterocycles. The van der Waals surface area contributed by atoms with Crippen LogP contribution in [0.25, 0.3) is 11.3 Å². The zero-order valence-corrected chi connectivity index (χ0v) is 17.3. The molecule has 0 aliphatic carbocycles. The molecule has 0 fully saturated rings. The van der Waals surface area contributed by atoms with Crippen LogP contribution >= 0.6 is 0 Å². The Hall–Kier alpha value is -4.34. The number of ether oxygens (including phenoxy) is 2. The first-order valence-corrected chi connectivity index (χ1v) is 9.72. The minimum absolute atomic E-state index is 0.107. The van der Waals surface area contributed by atoms with Gasteiger partial charge in [-0.2, -0.15) is 4.98 Å². The summed E-state index contributed by atoms with van der Waals surface area (Å²) in [7, 11) is 0. The molecule has 2 aromatic heterocycles. The van der Waals surface area contributed by atoms with Crippen molar-refractivity contribution in [3.05, 3.63) is 78.6 Å². The zero-order valence-electron chi connectivity index (χ0n) is 17.3. The minimum atomic E-state index is -4.84. The summed E-state index contributed by atoms with van der Waals surface area (Å²) >= 11 is 0. The van der Waals surface area contributed by atoms with Crippen LogP contribution in [0.1, 0.15) is 5.69 Å². The number of hydrogen-bond donors (Lipinski definition) is 2. The standard InChI is InChI=1S/C23H18F3N5O2/c1-14-12-17(10-11-28-14)32-16-8-6-15(7-9-16)29-21-13-19(30-22(27)31-21)18-4-2-3-5-20(18)33-23(24,25)26/h2-13H,1H3,(H3,27,29,30,31). The van der Waals surface area contributed by atoms with E-state index in [0.717, 1.165) is 5.69 Å². The van der Waals surface area contributed by atoms with Crippen LogP contribution in [0.4, 0.5) is 30.6 Å². The molecule has 0 bridgehead atoms. The number of nitrogens with two attached hydrogens (primary N) is 1. The number of aryl methyl sites for hydroxylation is 1. The highest BCUT2D eigenvalue weighted by Crippen LogP contribution is 2.34. The van der Waals surface area contributed by atoms with Crippen LogP contribution in [0, 0.1) is 6.92 Å². The van der Waals surface area contributed by atoms with E-state index in [1.807, 2.05) is 13.0 Å². The van der Waals surface area contributed by atoms with Crippen molar-refractivity contribution in [2.45, 2.75) is 13.3 Å². The van der Waals surface area contributed by atoms with Crippen LogP contribution in [-0.2, 0) is 0 Å². The summed E-state index contributed by atoms with van der Waals surface area (Å²) < 4.78 is 48.2. The number of nitrogens with zero attached hydrogens (tertiary/aromatic N) is 3. The Kier molecular flexibility index (Phi) is 5.99. The SMILES string of the molecule is Cc1cc(Oc2ccc(Nc3cc(-c4ccccc4OC(F)(F)F)nc(N)n3)cc2)ccn1. The second-order valence-electron chi connectivity index (χ2n) is 6.92. The van der Waals surface area contributed by atoms with Gasteiger partial charge in [0.05, 0.1) is 5.69 Å². The summed E-state index contributed by atoms with van der Waals surface area (Å²) in [5, 5.41) is 3.06. The molecular weight excluding hydrogens is 435 g/mol. The van der Waals surface area contributed by atoms with E-state index in [-0.39, 0.29) is 23.0 Å². The Labute approximate surface area is 187 Å².